The number of carboxylic acid groups (broad SMARTS) is 1. The Morgan fingerprint density at radius 1 is 1.20 bits per heavy atom. The van der Waals surface area contributed by atoms with E-state index in [1.807, 2.05) is 0 Å². The highest BCUT2D eigenvalue weighted by atomic mass is 16.4. The maximum atomic E-state index is 12.2. The van der Waals surface area contributed by atoms with E-state index in [0.29, 0.717) is 11.4 Å². The fourth-order valence-electron chi connectivity index (χ4n) is 1.73. The van der Waals surface area contributed by atoms with E-state index in [4.69, 9.17) is 5.11 Å². The van der Waals surface area contributed by atoms with Crippen LogP contribution in [0.1, 0.15) is 5.69 Å². The molecule has 7 nitrogen and oxygen atoms in total. The van der Waals surface area contributed by atoms with Gasteiger partial charge in [-0.1, -0.05) is 0 Å². The number of aromatic amines is 1. The summed E-state index contributed by atoms with van der Waals surface area (Å²) in [6.07, 6.45) is 1.54. The van der Waals surface area contributed by atoms with Crippen LogP contribution in [-0.4, -0.2) is 38.8 Å². The van der Waals surface area contributed by atoms with E-state index in [2.05, 4.69) is 10.2 Å². The first-order chi connectivity index (χ1) is 9.56. The third-order valence-corrected chi connectivity index (χ3v) is 2.66. The number of aromatic nitrogens is 2. The van der Waals surface area contributed by atoms with Gasteiger partial charge < -0.3 is 15.1 Å². The molecule has 0 radical (unpaired) electrons. The summed E-state index contributed by atoms with van der Waals surface area (Å²) in [6, 6.07) is 7.42. The average Bonchev–Trinajstić information content (AvgIpc) is 2.89. The Morgan fingerprint density at radius 2 is 1.90 bits per heavy atom. The van der Waals surface area contributed by atoms with Crippen LogP contribution in [0, 0.1) is 0 Å². The number of carboxylic acids is 1. The highest BCUT2D eigenvalue weighted by molar-refractivity contribution is 5.98. The molecular weight excluding hydrogens is 262 g/mol. The zero-order valence-corrected chi connectivity index (χ0v) is 10.5. The maximum Gasteiger partial charge on any atom is 0.323 e. The van der Waals surface area contributed by atoms with E-state index in [1.54, 1.807) is 6.07 Å². The summed E-state index contributed by atoms with van der Waals surface area (Å²) in [5, 5.41) is 24.5. The Bertz CT molecular complexity index is 593. The number of aromatic hydroxyl groups is 1. The van der Waals surface area contributed by atoms with Crippen molar-refractivity contribution < 1.29 is 19.8 Å². The molecule has 20 heavy (non-hydrogen) atoms. The molecule has 1 heterocycles. The van der Waals surface area contributed by atoms with Gasteiger partial charge in [0.05, 0.1) is 6.42 Å². The lowest BCUT2D eigenvalue weighted by atomic mass is 10.2. The summed E-state index contributed by atoms with van der Waals surface area (Å²) in [4.78, 5) is 24.2. The highest BCUT2D eigenvalue weighted by Crippen LogP contribution is 2.19. The summed E-state index contributed by atoms with van der Waals surface area (Å²) in [7, 11) is 0. The molecule has 0 saturated heterocycles. The number of nitrogens with one attached hydrogen (secondary N) is 1. The van der Waals surface area contributed by atoms with Crippen LogP contribution in [0.3, 0.4) is 0 Å². The van der Waals surface area contributed by atoms with Crippen molar-refractivity contribution in [2.75, 3.05) is 11.4 Å². The number of H-pyrrole nitrogens is 1. The first-order valence-corrected chi connectivity index (χ1v) is 5.85. The van der Waals surface area contributed by atoms with Gasteiger partial charge in [0.25, 0.3) is 0 Å². The molecule has 0 unspecified atom stereocenters. The Labute approximate surface area is 114 Å². The molecular formula is C13H13N3O4. The summed E-state index contributed by atoms with van der Waals surface area (Å²) in [6.45, 7) is -0.447. The van der Waals surface area contributed by atoms with Gasteiger partial charge in [-0.3, -0.25) is 14.7 Å². The first-order valence-electron chi connectivity index (χ1n) is 5.85. The van der Waals surface area contributed by atoms with Crippen molar-refractivity contribution >= 4 is 17.6 Å². The largest absolute Gasteiger partial charge is 0.508 e. The minimum atomic E-state index is -1.11. The summed E-state index contributed by atoms with van der Waals surface area (Å²) < 4.78 is 0. The number of aliphatic carboxylic acids is 1. The molecule has 0 aliphatic rings. The number of amides is 1. The molecule has 2 aromatic rings. The van der Waals surface area contributed by atoms with Gasteiger partial charge in [0, 0.05) is 17.6 Å². The molecule has 2 rings (SSSR count). The highest BCUT2D eigenvalue weighted by Gasteiger charge is 2.19. The summed E-state index contributed by atoms with van der Waals surface area (Å²) in [5.74, 6) is -1.44. The zero-order valence-electron chi connectivity index (χ0n) is 10.5. The predicted molar refractivity (Wildman–Crippen MR) is 70.4 cm³/mol. The molecule has 0 aliphatic carbocycles. The second-order valence-electron chi connectivity index (χ2n) is 4.15. The Hall–Kier alpha value is -2.83. The molecule has 0 spiro atoms. The van der Waals surface area contributed by atoms with Crippen LogP contribution in [0.15, 0.2) is 36.5 Å². The van der Waals surface area contributed by atoms with Crippen LogP contribution < -0.4 is 4.90 Å². The van der Waals surface area contributed by atoms with E-state index in [1.165, 1.54) is 30.5 Å². The topological polar surface area (TPSA) is 107 Å². The van der Waals surface area contributed by atoms with Crippen LogP contribution in [0.25, 0.3) is 0 Å². The SMILES string of the molecule is O=C(O)CN(C(=O)Cc1ccn[nH]1)c1ccc(O)cc1. The molecule has 0 fully saturated rings. The molecule has 1 aromatic carbocycles. The number of hydrogen-bond acceptors (Lipinski definition) is 4. The molecule has 0 aliphatic heterocycles. The van der Waals surface area contributed by atoms with Crippen LogP contribution in [0.4, 0.5) is 5.69 Å². The lowest BCUT2D eigenvalue weighted by Gasteiger charge is -2.20. The molecule has 1 amide bonds. The van der Waals surface area contributed by atoms with Crippen molar-refractivity contribution in [3.05, 3.63) is 42.2 Å². The first kappa shape index (κ1) is 13.6. The van der Waals surface area contributed by atoms with E-state index < -0.39 is 12.5 Å². The minimum Gasteiger partial charge on any atom is -0.508 e. The number of anilines is 1. The number of nitrogens with zero attached hydrogens (tertiary/aromatic N) is 2. The number of carbonyl (C=O) groups is 2. The molecule has 104 valence electrons. The van der Waals surface area contributed by atoms with Gasteiger partial charge in [-0.15, -0.1) is 0 Å². The van der Waals surface area contributed by atoms with Crippen molar-refractivity contribution in [1.82, 2.24) is 10.2 Å². The third-order valence-electron chi connectivity index (χ3n) is 2.66. The second kappa shape index (κ2) is 5.87. The number of rotatable bonds is 5. The fourth-order valence-corrected chi connectivity index (χ4v) is 1.73. The second-order valence-corrected chi connectivity index (χ2v) is 4.15. The smallest absolute Gasteiger partial charge is 0.323 e. The van der Waals surface area contributed by atoms with E-state index >= 15 is 0 Å². The molecule has 0 atom stereocenters. The van der Waals surface area contributed by atoms with Gasteiger partial charge in [-0.25, -0.2) is 0 Å². The lowest BCUT2D eigenvalue weighted by molar-refractivity contribution is -0.136. The average molecular weight is 275 g/mol. The summed E-state index contributed by atoms with van der Waals surface area (Å²) >= 11 is 0. The van der Waals surface area contributed by atoms with Crippen LogP contribution in [-0.2, 0) is 16.0 Å². The molecule has 0 bridgehead atoms. The van der Waals surface area contributed by atoms with E-state index in [0.717, 1.165) is 4.90 Å². The minimum absolute atomic E-state index is 0.0220. The van der Waals surface area contributed by atoms with E-state index in [9.17, 15) is 14.7 Å². The number of carbonyl (C=O) groups excluding carboxylic acids is 1. The quantitative estimate of drug-likeness (QED) is 0.747. The van der Waals surface area contributed by atoms with Gasteiger partial charge in [-0.2, -0.15) is 5.10 Å². The molecule has 3 N–H and O–H groups in total. The Morgan fingerprint density at radius 3 is 2.45 bits per heavy atom. The van der Waals surface area contributed by atoms with Gasteiger partial charge in [-0.05, 0) is 30.3 Å². The number of benzene rings is 1. The van der Waals surface area contributed by atoms with Crippen molar-refractivity contribution in [3.63, 3.8) is 0 Å². The monoisotopic (exact) mass is 275 g/mol. The van der Waals surface area contributed by atoms with Crippen LogP contribution in [0.5, 0.6) is 5.75 Å². The lowest BCUT2D eigenvalue weighted by Crippen LogP contribution is -2.36. The molecule has 1 aromatic heterocycles. The van der Waals surface area contributed by atoms with Crippen molar-refractivity contribution in [3.8, 4) is 5.75 Å². The predicted octanol–water partition coefficient (Wildman–Crippen LogP) is 0.776. The van der Waals surface area contributed by atoms with Gasteiger partial charge in [0.2, 0.25) is 5.91 Å². The number of hydrogen-bond donors (Lipinski definition) is 3. The van der Waals surface area contributed by atoms with E-state index in [-0.39, 0.29) is 18.1 Å². The third kappa shape index (κ3) is 3.35. The molecule has 0 saturated carbocycles. The van der Waals surface area contributed by atoms with Crippen molar-refractivity contribution in [2.24, 2.45) is 0 Å². The van der Waals surface area contributed by atoms with Crippen molar-refractivity contribution in [2.45, 2.75) is 6.42 Å². The fraction of sp³-hybridized carbons (Fsp3) is 0.154. The van der Waals surface area contributed by atoms with Crippen LogP contribution in [0.2, 0.25) is 0 Å². The standard InChI is InChI=1S/C13H13N3O4/c17-11-3-1-10(2-4-11)16(8-13(19)20)12(18)7-9-5-6-14-15-9/h1-6,17H,7-8H2,(H,14,15)(H,19,20). The Balaban J connectivity index is 2.20. The van der Waals surface area contributed by atoms with Gasteiger partial charge >= 0.3 is 5.97 Å². The number of phenolic OH excluding ortho intramolecular Hbond substituents is 1. The summed E-state index contributed by atoms with van der Waals surface area (Å²) in [5.41, 5.74) is 1.01. The van der Waals surface area contributed by atoms with Crippen LogP contribution >= 0.6 is 0 Å². The maximum absolute atomic E-state index is 12.2. The number of phenols is 1. The normalized spacial score (nSPS) is 10.2. The van der Waals surface area contributed by atoms with Crippen molar-refractivity contribution in [1.29, 1.82) is 0 Å². The zero-order chi connectivity index (χ0) is 14.5. The Kier molecular flexibility index (Phi) is 3.99. The molecule has 7 heteroatoms. The van der Waals surface area contributed by atoms with Gasteiger partial charge in [0.15, 0.2) is 0 Å². The van der Waals surface area contributed by atoms with Gasteiger partial charge in [0.1, 0.15) is 12.3 Å².